The van der Waals surface area contributed by atoms with E-state index in [4.69, 9.17) is 9.47 Å². The van der Waals surface area contributed by atoms with Gasteiger partial charge in [-0.25, -0.2) is 0 Å². The van der Waals surface area contributed by atoms with E-state index < -0.39 is 6.04 Å². The second kappa shape index (κ2) is 11.9. The minimum absolute atomic E-state index is 0.127. The van der Waals surface area contributed by atoms with E-state index in [2.05, 4.69) is 21.2 Å². The van der Waals surface area contributed by atoms with Crippen LogP contribution in [0.15, 0.2) is 53.0 Å². The predicted molar refractivity (Wildman–Crippen MR) is 128 cm³/mol. The third-order valence-corrected chi connectivity index (χ3v) is 6.27. The first-order chi connectivity index (χ1) is 15.5. The molecule has 0 spiro atoms. The summed E-state index contributed by atoms with van der Waals surface area (Å²) < 4.78 is 12.0. The Morgan fingerprint density at radius 3 is 2.50 bits per heavy atom. The van der Waals surface area contributed by atoms with Gasteiger partial charge >= 0.3 is 0 Å². The van der Waals surface area contributed by atoms with E-state index in [-0.39, 0.29) is 24.5 Å². The maximum atomic E-state index is 13.2. The van der Waals surface area contributed by atoms with Gasteiger partial charge in [0.25, 0.3) is 5.91 Å². The van der Waals surface area contributed by atoms with Gasteiger partial charge in [0, 0.05) is 17.1 Å². The molecule has 0 aliphatic heterocycles. The number of hydrogen-bond donors (Lipinski definition) is 1. The van der Waals surface area contributed by atoms with E-state index in [0.29, 0.717) is 18.0 Å². The number of para-hydroxylation sites is 2. The molecule has 0 bridgehead atoms. The highest BCUT2D eigenvalue weighted by Crippen LogP contribution is 2.26. The highest BCUT2D eigenvalue weighted by Gasteiger charge is 2.28. The molecule has 0 radical (unpaired) electrons. The summed E-state index contributed by atoms with van der Waals surface area (Å²) in [6.07, 6.45) is 5.47. The van der Waals surface area contributed by atoms with Gasteiger partial charge in [0.05, 0.1) is 7.11 Å². The van der Waals surface area contributed by atoms with Gasteiger partial charge in [0.2, 0.25) is 5.91 Å². The van der Waals surface area contributed by atoms with Crippen LogP contribution in [0.3, 0.4) is 0 Å². The average molecular weight is 503 g/mol. The van der Waals surface area contributed by atoms with Crippen LogP contribution in [0.5, 0.6) is 11.5 Å². The number of nitrogens with one attached hydrogen (secondary N) is 1. The fourth-order valence-electron chi connectivity index (χ4n) is 3.94. The first-order valence-electron chi connectivity index (χ1n) is 11.1. The van der Waals surface area contributed by atoms with E-state index >= 15 is 0 Å². The third kappa shape index (κ3) is 6.73. The molecule has 3 rings (SSSR count). The molecule has 32 heavy (non-hydrogen) atoms. The van der Waals surface area contributed by atoms with E-state index in [0.717, 1.165) is 35.7 Å². The lowest BCUT2D eigenvalue weighted by Crippen LogP contribution is -2.51. The Hall–Kier alpha value is -2.54. The number of methoxy groups -OCH3 is 1. The van der Waals surface area contributed by atoms with Crippen molar-refractivity contribution >= 4 is 27.7 Å². The highest BCUT2D eigenvalue weighted by atomic mass is 79.9. The average Bonchev–Trinajstić information content (AvgIpc) is 2.81. The van der Waals surface area contributed by atoms with E-state index in [1.54, 1.807) is 31.1 Å². The number of carbonyl (C=O) groups is 2. The van der Waals surface area contributed by atoms with Gasteiger partial charge in [-0.05, 0) is 49.6 Å². The number of ether oxygens (including phenoxy) is 2. The van der Waals surface area contributed by atoms with Crippen molar-refractivity contribution < 1.29 is 19.1 Å². The van der Waals surface area contributed by atoms with Gasteiger partial charge in [-0.15, -0.1) is 0 Å². The number of carbonyl (C=O) groups excluding carboxylic acids is 2. The van der Waals surface area contributed by atoms with Gasteiger partial charge in [0.15, 0.2) is 18.1 Å². The first kappa shape index (κ1) is 24.1. The number of benzene rings is 2. The molecule has 7 heteroatoms. The highest BCUT2D eigenvalue weighted by molar-refractivity contribution is 9.10. The van der Waals surface area contributed by atoms with Crippen molar-refractivity contribution in [2.24, 2.45) is 0 Å². The van der Waals surface area contributed by atoms with Gasteiger partial charge < -0.3 is 19.7 Å². The number of amides is 2. The summed E-state index contributed by atoms with van der Waals surface area (Å²) in [5, 5.41) is 3.14. The van der Waals surface area contributed by atoms with Crippen LogP contribution in [0.1, 0.15) is 44.6 Å². The van der Waals surface area contributed by atoms with Crippen molar-refractivity contribution in [3.63, 3.8) is 0 Å². The molecular weight excluding hydrogens is 472 g/mol. The van der Waals surface area contributed by atoms with E-state index in [1.807, 2.05) is 36.4 Å². The van der Waals surface area contributed by atoms with E-state index in [9.17, 15) is 9.59 Å². The second-order valence-corrected chi connectivity index (χ2v) is 9.03. The van der Waals surface area contributed by atoms with Crippen LogP contribution >= 0.6 is 15.9 Å². The standard InChI is InChI=1S/C25H31BrN2O4/c1-18(25(30)27-21-11-4-3-5-12-21)28(16-19-9-8-10-20(26)15-19)24(29)17-32-23-14-7-6-13-22(23)31-2/h6-10,13-15,18,21H,3-5,11-12,16-17H2,1-2H3,(H,27,30)/t18-/m0/s1. The molecule has 2 amide bonds. The Morgan fingerprint density at radius 2 is 1.81 bits per heavy atom. The van der Waals surface area contributed by atoms with Crippen LogP contribution in [0, 0.1) is 0 Å². The zero-order chi connectivity index (χ0) is 22.9. The summed E-state index contributed by atoms with van der Waals surface area (Å²) in [7, 11) is 1.56. The zero-order valence-corrected chi connectivity index (χ0v) is 20.3. The van der Waals surface area contributed by atoms with Crippen molar-refractivity contribution in [1.82, 2.24) is 10.2 Å². The Kier molecular flexibility index (Phi) is 8.97. The van der Waals surface area contributed by atoms with Gasteiger partial charge in [-0.3, -0.25) is 9.59 Å². The molecule has 1 saturated carbocycles. The number of rotatable bonds is 9. The van der Waals surface area contributed by atoms with Crippen LogP contribution in [-0.4, -0.2) is 42.5 Å². The van der Waals surface area contributed by atoms with Crippen LogP contribution in [0.2, 0.25) is 0 Å². The van der Waals surface area contributed by atoms with Gasteiger partial charge in [-0.2, -0.15) is 0 Å². The SMILES string of the molecule is COc1ccccc1OCC(=O)N(Cc1cccc(Br)c1)[C@@H](C)C(=O)NC1CCCCC1. The lowest BCUT2D eigenvalue weighted by Gasteiger charge is -2.31. The topological polar surface area (TPSA) is 67.9 Å². The molecule has 1 aliphatic rings. The molecule has 172 valence electrons. The monoisotopic (exact) mass is 502 g/mol. The summed E-state index contributed by atoms with van der Waals surface area (Å²) >= 11 is 3.48. The molecule has 1 aliphatic carbocycles. The quantitative estimate of drug-likeness (QED) is 0.539. The summed E-state index contributed by atoms with van der Waals surface area (Å²) in [6.45, 7) is 1.90. The summed E-state index contributed by atoms with van der Waals surface area (Å²) in [5.41, 5.74) is 0.933. The van der Waals surface area contributed by atoms with Crippen molar-refractivity contribution in [3.05, 3.63) is 58.6 Å². The third-order valence-electron chi connectivity index (χ3n) is 5.78. The van der Waals surface area contributed by atoms with E-state index in [1.165, 1.54) is 6.42 Å². The van der Waals surface area contributed by atoms with Gasteiger partial charge in [0.1, 0.15) is 6.04 Å². The predicted octanol–water partition coefficient (Wildman–Crippen LogP) is 4.70. The molecular formula is C25H31BrN2O4. The molecule has 1 atom stereocenters. The van der Waals surface area contributed by atoms with Gasteiger partial charge in [-0.1, -0.05) is 59.5 Å². The van der Waals surface area contributed by atoms with Crippen LogP contribution in [0.4, 0.5) is 0 Å². The summed E-state index contributed by atoms with van der Waals surface area (Å²) in [5.74, 6) is 0.659. The molecule has 0 saturated heterocycles. The minimum atomic E-state index is -0.621. The molecule has 2 aromatic carbocycles. The van der Waals surface area contributed by atoms with Crippen molar-refractivity contribution in [1.29, 1.82) is 0 Å². The van der Waals surface area contributed by atoms with Crippen molar-refractivity contribution in [3.8, 4) is 11.5 Å². The normalized spacial score (nSPS) is 15.0. The molecule has 1 fully saturated rings. The first-order valence-corrected chi connectivity index (χ1v) is 11.9. The lowest BCUT2D eigenvalue weighted by molar-refractivity contribution is -0.142. The fraction of sp³-hybridized carbons (Fsp3) is 0.440. The lowest BCUT2D eigenvalue weighted by atomic mass is 9.95. The molecule has 0 heterocycles. The Labute approximate surface area is 198 Å². The summed E-state index contributed by atoms with van der Waals surface area (Å²) in [6, 6.07) is 14.5. The van der Waals surface area contributed by atoms with Crippen LogP contribution in [-0.2, 0) is 16.1 Å². The van der Waals surface area contributed by atoms with Crippen LogP contribution in [0.25, 0.3) is 0 Å². The molecule has 1 N–H and O–H groups in total. The Balaban J connectivity index is 1.72. The maximum absolute atomic E-state index is 13.2. The minimum Gasteiger partial charge on any atom is -0.493 e. The fourth-order valence-corrected chi connectivity index (χ4v) is 4.39. The molecule has 6 nitrogen and oxygen atoms in total. The number of nitrogens with zero attached hydrogens (tertiary/aromatic N) is 1. The zero-order valence-electron chi connectivity index (χ0n) is 18.7. The smallest absolute Gasteiger partial charge is 0.261 e. The largest absolute Gasteiger partial charge is 0.493 e. The van der Waals surface area contributed by atoms with Crippen LogP contribution < -0.4 is 14.8 Å². The second-order valence-electron chi connectivity index (χ2n) is 8.11. The van der Waals surface area contributed by atoms with Crippen molar-refractivity contribution in [2.75, 3.05) is 13.7 Å². The number of halogens is 1. The maximum Gasteiger partial charge on any atom is 0.261 e. The molecule has 0 aromatic heterocycles. The summed E-state index contributed by atoms with van der Waals surface area (Å²) in [4.78, 5) is 27.8. The number of hydrogen-bond acceptors (Lipinski definition) is 4. The van der Waals surface area contributed by atoms with Crippen molar-refractivity contribution in [2.45, 2.75) is 57.7 Å². The Bertz CT molecular complexity index is 914. The Morgan fingerprint density at radius 1 is 1.09 bits per heavy atom. The molecule has 2 aromatic rings. The molecule has 0 unspecified atom stereocenters.